The van der Waals surface area contributed by atoms with Gasteiger partial charge in [0.05, 0.1) is 0 Å². The van der Waals surface area contributed by atoms with Gasteiger partial charge in [-0.2, -0.15) is 0 Å². The Bertz CT molecular complexity index is 651. The molecule has 3 rings (SSSR count). The normalized spacial score (nSPS) is 13.9. The molecular weight excluding hydrogens is 324 g/mol. The van der Waals surface area contributed by atoms with E-state index in [-0.39, 0.29) is 0 Å². The summed E-state index contributed by atoms with van der Waals surface area (Å²) in [7, 11) is 0. The number of nitrogens with one attached hydrogen (secondary N) is 3. The lowest BCUT2D eigenvalue weighted by Crippen LogP contribution is -2.26. The third kappa shape index (κ3) is 2.86. The van der Waals surface area contributed by atoms with Crippen LogP contribution in [0.3, 0.4) is 0 Å². The molecule has 0 fully saturated rings. The van der Waals surface area contributed by atoms with Gasteiger partial charge >= 0.3 is 0 Å². The Morgan fingerprint density at radius 3 is 2.84 bits per heavy atom. The first kappa shape index (κ1) is 12.8. The highest BCUT2D eigenvalue weighted by Crippen LogP contribution is 2.24. The predicted octanol–water partition coefficient (Wildman–Crippen LogP) is 3.29. The zero-order chi connectivity index (χ0) is 13.2. The first-order valence-electron chi connectivity index (χ1n) is 6.08. The molecule has 0 atom stereocenters. The smallest absolute Gasteiger partial charge is 0.199 e. The number of aromatic amines is 1. The number of benzene rings is 1. The molecule has 0 amide bonds. The number of anilines is 2. The van der Waals surface area contributed by atoms with Crippen LogP contribution in [-0.2, 0) is 13.0 Å². The van der Waals surface area contributed by atoms with Crippen molar-refractivity contribution in [2.45, 2.75) is 13.0 Å². The summed E-state index contributed by atoms with van der Waals surface area (Å²) in [5.74, 6) is 0.863. The molecule has 0 unspecified atom stereocenters. The van der Waals surface area contributed by atoms with E-state index in [0.29, 0.717) is 4.77 Å². The monoisotopic (exact) mass is 336 g/mol. The Kier molecular flexibility index (Phi) is 3.63. The number of nitrogens with zero attached hydrogens (tertiary/aromatic N) is 1. The van der Waals surface area contributed by atoms with Crippen LogP contribution in [0.25, 0.3) is 0 Å². The molecule has 1 aromatic carbocycles. The van der Waals surface area contributed by atoms with E-state index >= 15 is 0 Å². The summed E-state index contributed by atoms with van der Waals surface area (Å²) in [4.78, 5) is 7.57. The van der Waals surface area contributed by atoms with Gasteiger partial charge in [-0.25, -0.2) is 4.98 Å². The Morgan fingerprint density at radius 2 is 2.05 bits per heavy atom. The number of H-pyrrole nitrogens is 1. The summed E-state index contributed by atoms with van der Waals surface area (Å²) in [6, 6.07) is 8.03. The van der Waals surface area contributed by atoms with Crippen LogP contribution in [0.15, 0.2) is 28.7 Å². The lowest BCUT2D eigenvalue weighted by Gasteiger charge is -2.20. The molecule has 2 aromatic rings. The number of aromatic nitrogens is 2. The molecule has 1 aliphatic rings. The van der Waals surface area contributed by atoms with Crippen molar-refractivity contribution in [1.82, 2.24) is 15.3 Å². The molecule has 0 bridgehead atoms. The zero-order valence-electron chi connectivity index (χ0n) is 10.2. The van der Waals surface area contributed by atoms with Gasteiger partial charge in [-0.3, -0.25) is 0 Å². The number of fused-ring (bicyclic) bond motifs is 1. The van der Waals surface area contributed by atoms with Crippen molar-refractivity contribution in [3.63, 3.8) is 0 Å². The van der Waals surface area contributed by atoms with Crippen molar-refractivity contribution in [3.8, 4) is 0 Å². The van der Waals surface area contributed by atoms with E-state index in [4.69, 9.17) is 12.2 Å². The molecule has 1 aromatic heterocycles. The summed E-state index contributed by atoms with van der Waals surface area (Å²) in [6.07, 6.45) is 0.952. The van der Waals surface area contributed by atoms with E-state index in [1.165, 1.54) is 5.56 Å². The first-order chi connectivity index (χ1) is 9.22. The minimum atomic E-state index is 0.516. The molecule has 6 heteroatoms. The molecule has 1 aliphatic heterocycles. The van der Waals surface area contributed by atoms with E-state index in [0.717, 1.165) is 41.2 Å². The Labute approximate surface area is 124 Å². The van der Waals surface area contributed by atoms with Crippen molar-refractivity contribution in [3.05, 3.63) is 44.8 Å². The molecule has 4 nitrogen and oxygen atoms in total. The molecule has 0 saturated heterocycles. The van der Waals surface area contributed by atoms with E-state index in [1.807, 2.05) is 24.3 Å². The number of halogens is 1. The Morgan fingerprint density at radius 1 is 1.26 bits per heavy atom. The quantitative estimate of drug-likeness (QED) is 0.736. The number of hydrogen-bond acceptors (Lipinski definition) is 4. The van der Waals surface area contributed by atoms with Crippen molar-refractivity contribution in [2.24, 2.45) is 0 Å². The molecule has 0 radical (unpaired) electrons. The van der Waals surface area contributed by atoms with E-state index in [9.17, 15) is 0 Å². The molecular formula is C13H13BrN4S. The summed E-state index contributed by atoms with van der Waals surface area (Å²) < 4.78 is 1.57. The molecule has 0 spiro atoms. The lowest BCUT2D eigenvalue weighted by atomic mass is 10.1. The van der Waals surface area contributed by atoms with Gasteiger partial charge in [-0.15, -0.1) is 0 Å². The molecule has 98 valence electrons. The van der Waals surface area contributed by atoms with Gasteiger partial charge < -0.3 is 15.6 Å². The molecule has 2 heterocycles. The summed E-state index contributed by atoms with van der Waals surface area (Å²) in [5.41, 5.74) is 3.36. The average Bonchev–Trinajstić information content (AvgIpc) is 2.41. The summed E-state index contributed by atoms with van der Waals surface area (Å²) in [5, 5.41) is 6.68. The number of hydrogen-bond donors (Lipinski definition) is 3. The van der Waals surface area contributed by atoms with Gasteiger partial charge in [-0.1, -0.05) is 15.9 Å². The fourth-order valence-electron chi connectivity index (χ4n) is 2.16. The van der Waals surface area contributed by atoms with E-state index in [1.54, 1.807) is 0 Å². The SMILES string of the molecule is S=c1nc(Nc2ccc(Br)cc2)c2c([nH]1)CNCC2. The largest absolute Gasteiger partial charge is 0.340 e. The third-order valence-corrected chi connectivity index (χ3v) is 3.80. The van der Waals surface area contributed by atoms with Gasteiger partial charge in [0.2, 0.25) is 0 Å². The molecule has 19 heavy (non-hydrogen) atoms. The highest BCUT2D eigenvalue weighted by atomic mass is 79.9. The predicted molar refractivity (Wildman–Crippen MR) is 82.3 cm³/mol. The second kappa shape index (κ2) is 5.40. The maximum Gasteiger partial charge on any atom is 0.199 e. The van der Waals surface area contributed by atoms with Crippen molar-refractivity contribution >= 4 is 39.7 Å². The highest BCUT2D eigenvalue weighted by molar-refractivity contribution is 9.10. The van der Waals surface area contributed by atoms with Gasteiger partial charge in [-0.05, 0) is 49.4 Å². The molecule has 0 saturated carbocycles. The van der Waals surface area contributed by atoms with E-state index in [2.05, 4.69) is 36.5 Å². The minimum Gasteiger partial charge on any atom is -0.340 e. The average molecular weight is 337 g/mol. The maximum absolute atomic E-state index is 5.18. The van der Waals surface area contributed by atoms with Crippen LogP contribution in [-0.4, -0.2) is 16.5 Å². The maximum atomic E-state index is 5.18. The lowest BCUT2D eigenvalue weighted by molar-refractivity contribution is 0.623. The fraction of sp³-hybridized carbons (Fsp3) is 0.231. The van der Waals surface area contributed by atoms with Gasteiger partial charge in [0, 0.05) is 28.0 Å². The Balaban J connectivity index is 1.98. The van der Waals surface area contributed by atoms with Crippen LogP contribution in [0.2, 0.25) is 0 Å². The van der Waals surface area contributed by atoms with Gasteiger partial charge in [0.15, 0.2) is 4.77 Å². The molecule has 3 N–H and O–H groups in total. The summed E-state index contributed by atoms with van der Waals surface area (Å²) >= 11 is 8.61. The third-order valence-electron chi connectivity index (χ3n) is 3.08. The van der Waals surface area contributed by atoms with Crippen LogP contribution < -0.4 is 10.6 Å². The van der Waals surface area contributed by atoms with Crippen LogP contribution in [0.4, 0.5) is 11.5 Å². The van der Waals surface area contributed by atoms with Crippen molar-refractivity contribution < 1.29 is 0 Å². The van der Waals surface area contributed by atoms with Gasteiger partial charge in [0.1, 0.15) is 5.82 Å². The second-order valence-electron chi connectivity index (χ2n) is 4.41. The van der Waals surface area contributed by atoms with E-state index < -0.39 is 0 Å². The van der Waals surface area contributed by atoms with Crippen LogP contribution in [0.1, 0.15) is 11.3 Å². The first-order valence-corrected chi connectivity index (χ1v) is 7.28. The molecule has 0 aliphatic carbocycles. The van der Waals surface area contributed by atoms with Crippen molar-refractivity contribution in [2.75, 3.05) is 11.9 Å². The minimum absolute atomic E-state index is 0.516. The van der Waals surface area contributed by atoms with Gasteiger partial charge in [0.25, 0.3) is 0 Å². The Hall–Kier alpha value is -1.24. The summed E-state index contributed by atoms with van der Waals surface area (Å²) in [6.45, 7) is 1.78. The topological polar surface area (TPSA) is 52.7 Å². The fourth-order valence-corrected chi connectivity index (χ4v) is 2.64. The van der Waals surface area contributed by atoms with Crippen LogP contribution in [0.5, 0.6) is 0 Å². The standard InChI is InChI=1S/C13H13BrN4S/c14-8-1-3-9(4-2-8)16-12-10-5-6-15-7-11(10)17-13(19)18-12/h1-4,15H,5-7H2,(H2,16,17,18,19). The zero-order valence-corrected chi connectivity index (χ0v) is 12.6. The second-order valence-corrected chi connectivity index (χ2v) is 5.71. The van der Waals surface area contributed by atoms with Crippen molar-refractivity contribution in [1.29, 1.82) is 0 Å². The number of rotatable bonds is 2. The van der Waals surface area contributed by atoms with Crippen LogP contribution in [0, 0.1) is 4.77 Å². The van der Waals surface area contributed by atoms with Crippen LogP contribution >= 0.6 is 28.1 Å². The highest BCUT2D eigenvalue weighted by Gasteiger charge is 2.15.